The molecular weight excluding hydrogens is 342 g/mol. The van der Waals surface area contributed by atoms with Gasteiger partial charge in [-0.15, -0.1) is 0 Å². The van der Waals surface area contributed by atoms with Crippen molar-refractivity contribution in [2.75, 3.05) is 25.1 Å². The van der Waals surface area contributed by atoms with Gasteiger partial charge in [-0.2, -0.15) is 0 Å². The van der Waals surface area contributed by atoms with Gasteiger partial charge in [0.1, 0.15) is 0 Å². The van der Waals surface area contributed by atoms with Gasteiger partial charge in [0.15, 0.2) is 11.5 Å². The zero-order valence-corrected chi connectivity index (χ0v) is 15.2. The molecule has 0 fully saturated rings. The van der Waals surface area contributed by atoms with E-state index in [1.54, 1.807) is 12.1 Å². The van der Waals surface area contributed by atoms with E-state index in [1.165, 1.54) is 30.7 Å². The SMILES string of the molecule is COc1ccc(S(=O)(=O)N2CCC(O)c3cc(C)ccc32)cc1OC. The molecule has 0 spiro atoms. The van der Waals surface area contributed by atoms with Crippen LogP contribution in [0.1, 0.15) is 23.7 Å². The van der Waals surface area contributed by atoms with Gasteiger partial charge in [0.05, 0.1) is 30.9 Å². The third-order valence-corrected chi connectivity index (χ3v) is 6.17. The normalized spacial score (nSPS) is 17.1. The fourth-order valence-electron chi connectivity index (χ4n) is 3.04. The van der Waals surface area contributed by atoms with Crippen LogP contribution in [0.3, 0.4) is 0 Å². The average molecular weight is 363 g/mol. The Labute approximate surface area is 147 Å². The van der Waals surface area contributed by atoms with Crippen molar-refractivity contribution in [1.29, 1.82) is 0 Å². The highest BCUT2D eigenvalue weighted by molar-refractivity contribution is 7.92. The molecule has 2 aromatic carbocycles. The third-order valence-electron chi connectivity index (χ3n) is 4.36. The summed E-state index contributed by atoms with van der Waals surface area (Å²) < 4.78 is 38.0. The molecule has 7 heteroatoms. The van der Waals surface area contributed by atoms with Crippen LogP contribution < -0.4 is 13.8 Å². The molecule has 2 aromatic rings. The Balaban J connectivity index is 2.09. The molecule has 134 valence electrons. The maximum Gasteiger partial charge on any atom is 0.264 e. The summed E-state index contributed by atoms with van der Waals surface area (Å²) in [6, 6.07) is 9.93. The molecule has 0 aromatic heterocycles. The number of aliphatic hydroxyl groups excluding tert-OH is 1. The zero-order chi connectivity index (χ0) is 18.2. The summed E-state index contributed by atoms with van der Waals surface area (Å²) in [5.41, 5.74) is 2.12. The quantitative estimate of drug-likeness (QED) is 0.904. The first kappa shape index (κ1) is 17.6. The second kappa shape index (κ2) is 6.57. The Morgan fingerprint density at radius 3 is 2.48 bits per heavy atom. The highest BCUT2D eigenvalue weighted by Gasteiger charge is 2.33. The maximum atomic E-state index is 13.2. The van der Waals surface area contributed by atoms with Crippen LogP contribution in [-0.2, 0) is 10.0 Å². The number of nitrogens with zero attached hydrogens (tertiary/aromatic N) is 1. The third kappa shape index (κ3) is 3.05. The number of fused-ring (bicyclic) bond motifs is 1. The number of aliphatic hydroxyl groups is 1. The Morgan fingerprint density at radius 2 is 1.80 bits per heavy atom. The highest BCUT2D eigenvalue weighted by Crippen LogP contribution is 2.39. The van der Waals surface area contributed by atoms with Crippen molar-refractivity contribution >= 4 is 15.7 Å². The molecule has 0 amide bonds. The van der Waals surface area contributed by atoms with Gasteiger partial charge in [-0.1, -0.05) is 17.7 Å². The fraction of sp³-hybridized carbons (Fsp3) is 0.333. The van der Waals surface area contributed by atoms with E-state index >= 15 is 0 Å². The van der Waals surface area contributed by atoms with Gasteiger partial charge in [0.2, 0.25) is 0 Å². The minimum atomic E-state index is -3.78. The van der Waals surface area contributed by atoms with E-state index in [0.29, 0.717) is 29.2 Å². The Kier molecular flexibility index (Phi) is 4.62. The minimum Gasteiger partial charge on any atom is -0.493 e. The van der Waals surface area contributed by atoms with Gasteiger partial charge in [0.25, 0.3) is 10.0 Å². The molecule has 0 saturated heterocycles. The van der Waals surface area contributed by atoms with Crippen LogP contribution in [0.5, 0.6) is 11.5 Å². The maximum absolute atomic E-state index is 13.2. The molecule has 6 nitrogen and oxygen atoms in total. The summed E-state index contributed by atoms with van der Waals surface area (Å²) in [6.07, 6.45) is -0.310. The topological polar surface area (TPSA) is 76.1 Å². The van der Waals surface area contributed by atoms with Crippen molar-refractivity contribution in [3.63, 3.8) is 0 Å². The molecule has 1 N–H and O–H groups in total. The molecule has 1 heterocycles. The molecule has 0 aliphatic carbocycles. The lowest BCUT2D eigenvalue weighted by molar-refractivity contribution is 0.166. The molecule has 1 aliphatic heterocycles. The Bertz CT molecular complexity index is 894. The summed E-state index contributed by atoms with van der Waals surface area (Å²) in [6.45, 7) is 2.13. The van der Waals surface area contributed by atoms with Crippen molar-refractivity contribution in [2.24, 2.45) is 0 Å². The number of benzene rings is 2. The smallest absolute Gasteiger partial charge is 0.264 e. The van der Waals surface area contributed by atoms with E-state index < -0.39 is 16.1 Å². The van der Waals surface area contributed by atoms with Gasteiger partial charge < -0.3 is 14.6 Å². The molecule has 0 saturated carbocycles. The monoisotopic (exact) mass is 363 g/mol. The molecule has 1 unspecified atom stereocenters. The van der Waals surface area contributed by atoms with Gasteiger partial charge >= 0.3 is 0 Å². The lowest BCUT2D eigenvalue weighted by atomic mass is 9.99. The number of hydrogen-bond acceptors (Lipinski definition) is 5. The Morgan fingerprint density at radius 1 is 1.08 bits per heavy atom. The minimum absolute atomic E-state index is 0.119. The van der Waals surface area contributed by atoms with E-state index in [9.17, 15) is 13.5 Å². The number of sulfonamides is 1. The van der Waals surface area contributed by atoms with Crippen molar-refractivity contribution in [1.82, 2.24) is 0 Å². The lowest BCUT2D eigenvalue weighted by Gasteiger charge is -2.33. The van der Waals surface area contributed by atoms with E-state index in [-0.39, 0.29) is 11.4 Å². The van der Waals surface area contributed by atoms with E-state index in [2.05, 4.69) is 0 Å². The van der Waals surface area contributed by atoms with Crippen molar-refractivity contribution in [3.05, 3.63) is 47.5 Å². The number of hydrogen-bond donors (Lipinski definition) is 1. The number of aryl methyl sites for hydroxylation is 1. The summed E-state index contributed by atoms with van der Waals surface area (Å²) >= 11 is 0. The zero-order valence-electron chi connectivity index (χ0n) is 14.4. The summed E-state index contributed by atoms with van der Waals surface area (Å²) in [7, 11) is -0.824. The first-order chi connectivity index (χ1) is 11.9. The number of ether oxygens (including phenoxy) is 2. The standard InChI is InChI=1S/C18H21NO5S/c1-12-4-6-15-14(10-12)16(20)8-9-19(15)25(21,22)13-5-7-17(23-2)18(11-13)24-3/h4-7,10-11,16,20H,8-9H2,1-3H3. The molecule has 0 bridgehead atoms. The van der Waals surface area contributed by atoms with Gasteiger partial charge in [-0.05, 0) is 31.5 Å². The number of anilines is 1. The lowest BCUT2D eigenvalue weighted by Crippen LogP contribution is -2.36. The number of methoxy groups -OCH3 is 2. The van der Waals surface area contributed by atoms with E-state index in [0.717, 1.165) is 5.56 Å². The second-order valence-electron chi connectivity index (χ2n) is 5.96. The van der Waals surface area contributed by atoms with E-state index in [1.807, 2.05) is 19.1 Å². The van der Waals surface area contributed by atoms with Crippen molar-refractivity contribution in [2.45, 2.75) is 24.3 Å². The van der Waals surface area contributed by atoms with Gasteiger partial charge in [-0.25, -0.2) is 8.42 Å². The Hall–Kier alpha value is -2.25. The predicted molar refractivity (Wildman–Crippen MR) is 94.8 cm³/mol. The molecular formula is C18H21NO5S. The van der Waals surface area contributed by atoms with Crippen molar-refractivity contribution in [3.8, 4) is 11.5 Å². The van der Waals surface area contributed by atoms with Crippen LogP contribution >= 0.6 is 0 Å². The van der Waals surface area contributed by atoms with Gasteiger partial charge in [-0.3, -0.25) is 4.31 Å². The van der Waals surface area contributed by atoms with Crippen LogP contribution in [0.15, 0.2) is 41.3 Å². The largest absolute Gasteiger partial charge is 0.493 e. The molecule has 25 heavy (non-hydrogen) atoms. The summed E-state index contributed by atoms with van der Waals surface area (Å²) in [5, 5.41) is 10.2. The van der Waals surface area contributed by atoms with Crippen LogP contribution in [0, 0.1) is 6.92 Å². The van der Waals surface area contributed by atoms with Crippen LogP contribution in [0.4, 0.5) is 5.69 Å². The first-order valence-electron chi connectivity index (χ1n) is 7.92. The summed E-state index contributed by atoms with van der Waals surface area (Å²) in [5.74, 6) is 0.816. The molecule has 0 radical (unpaired) electrons. The molecule has 1 aliphatic rings. The molecule has 1 atom stereocenters. The highest BCUT2D eigenvalue weighted by atomic mass is 32.2. The number of rotatable bonds is 4. The predicted octanol–water partition coefficient (Wildman–Crippen LogP) is 2.64. The van der Waals surface area contributed by atoms with Crippen LogP contribution in [0.2, 0.25) is 0 Å². The average Bonchev–Trinajstić information content (AvgIpc) is 2.61. The second-order valence-corrected chi connectivity index (χ2v) is 7.82. The van der Waals surface area contributed by atoms with Crippen molar-refractivity contribution < 1.29 is 23.0 Å². The molecule has 3 rings (SSSR count). The fourth-order valence-corrected chi connectivity index (χ4v) is 4.56. The van der Waals surface area contributed by atoms with E-state index in [4.69, 9.17) is 9.47 Å². The first-order valence-corrected chi connectivity index (χ1v) is 9.36. The van der Waals surface area contributed by atoms with Gasteiger partial charge in [0, 0.05) is 18.2 Å². The van der Waals surface area contributed by atoms with Crippen LogP contribution in [-0.4, -0.2) is 34.3 Å². The summed E-state index contributed by atoms with van der Waals surface area (Å²) in [4.78, 5) is 0.119. The van der Waals surface area contributed by atoms with Crippen LogP contribution in [0.25, 0.3) is 0 Å².